The molecular formula is C27H33ClN4O2. The van der Waals surface area contributed by atoms with Crippen molar-refractivity contribution in [2.24, 2.45) is 0 Å². The summed E-state index contributed by atoms with van der Waals surface area (Å²) in [5.41, 5.74) is 2.70. The van der Waals surface area contributed by atoms with Crippen molar-refractivity contribution in [2.45, 2.75) is 70.7 Å². The Morgan fingerprint density at radius 3 is 2.38 bits per heavy atom. The molecule has 0 radical (unpaired) electrons. The molecule has 1 aliphatic rings. The van der Waals surface area contributed by atoms with E-state index < -0.39 is 0 Å². The second-order valence-corrected chi connectivity index (χ2v) is 10.6. The number of nitrogens with zero attached hydrogens (tertiary/aromatic N) is 2. The molecule has 0 spiro atoms. The van der Waals surface area contributed by atoms with Crippen molar-refractivity contribution in [2.75, 3.05) is 5.32 Å². The quantitative estimate of drug-likeness (QED) is 0.460. The van der Waals surface area contributed by atoms with Crippen LogP contribution in [0.15, 0.2) is 60.8 Å². The molecule has 3 aromatic rings. The molecule has 6 nitrogen and oxygen atoms in total. The summed E-state index contributed by atoms with van der Waals surface area (Å²) < 4.78 is 7.67. The maximum absolute atomic E-state index is 13.2. The van der Waals surface area contributed by atoms with E-state index in [1.165, 1.54) is 0 Å². The number of aromatic nitrogens is 2. The minimum Gasteiger partial charge on any atom is -0.491 e. The summed E-state index contributed by atoms with van der Waals surface area (Å²) in [6.45, 7) is 10.3. The minimum atomic E-state index is -0.350. The van der Waals surface area contributed by atoms with Gasteiger partial charge in [-0.25, -0.2) is 0 Å². The van der Waals surface area contributed by atoms with Crippen LogP contribution < -0.4 is 15.4 Å². The Hall–Kier alpha value is -2.83. The first-order chi connectivity index (χ1) is 16.1. The number of amides is 1. The summed E-state index contributed by atoms with van der Waals surface area (Å²) in [5.74, 6) is 0.779. The molecule has 0 unspecified atom stereocenters. The van der Waals surface area contributed by atoms with Crippen LogP contribution in [0, 0.1) is 0 Å². The third kappa shape index (κ3) is 5.62. The Labute approximate surface area is 206 Å². The maximum Gasteiger partial charge on any atom is 0.241 e. The first kappa shape index (κ1) is 24.3. The van der Waals surface area contributed by atoms with E-state index in [1.54, 1.807) is 0 Å². The lowest BCUT2D eigenvalue weighted by atomic mass is 9.90. The normalized spacial score (nSPS) is 20.5. The molecule has 1 aliphatic heterocycles. The predicted molar refractivity (Wildman–Crippen MR) is 137 cm³/mol. The van der Waals surface area contributed by atoms with Crippen molar-refractivity contribution in [1.29, 1.82) is 0 Å². The molecule has 1 fully saturated rings. The SMILES string of the molecule is CC(C)Oc1ccc(NC(=O)[C@@H]2C[C@H](c3ccn(C(C)(C)C)n3)[C@H](c3ccc(Cl)cc3)N2)cc1. The highest BCUT2D eigenvalue weighted by Gasteiger charge is 2.40. The minimum absolute atomic E-state index is 0.0434. The van der Waals surface area contributed by atoms with Gasteiger partial charge in [0.05, 0.1) is 23.4 Å². The number of halogens is 1. The number of hydrogen-bond acceptors (Lipinski definition) is 4. The molecule has 1 amide bonds. The van der Waals surface area contributed by atoms with Gasteiger partial charge in [0.1, 0.15) is 5.75 Å². The van der Waals surface area contributed by atoms with E-state index in [4.69, 9.17) is 21.4 Å². The zero-order valence-corrected chi connectivity index (χ0v) is 21.1. The highest BCUT2D eigenvalue weighted by molar-refractivity contribution is 6.30. The van der Waals surface area contributed by atoms with Gasteiger partial charge in [0.25, 0.3) is 0 Å². The van der Waals surface area contributed by atoms with Crippen LogP contribution in [0.5, 0.6) is 5.75 Å². The van der Waals surface area contributed by atoms with E-state index >= 15 is 0 Å². The molecule has 2 heterocycles. The number of anilines is 1. The van der Waals surface area contributed by atoms with Crippen molar-refractivity contribution in [3.63, 3.8) is 0 Å². The first-order valence-electron chi connectivity index (χ1n) is 11.8. The Kier molecular flexibility index (Phi) is 7.01. The summed E-state index contributed by atoms with van der Waals surface area (Å²) in [7, 11) is 0. The van der Waals surface area contributed by atoms with Gasteiger partial charge in [0, 0.05) is 28.9 Å². The lowest BCUT2D eigenvalue weighted by molar-refractivity contribution is -0.117. The topological polar surface area (TPSA) is 68.2 Å². The Bertz CT molecular complexity index is 1120. The fraction of sp³-hybridized carbons (Fsp3) is 0.407. The van der Waals surface area contributed by atoms with Crippen LogP contribution in [0.2, 0.25) is 5.02 Å². The standard InChI is InChI=1S/C27H33ClN4O2/c1-17(2)34-21-12-10-20(11-13-21)29-26(33)24-16-22(23-14-15-32(31-23)27(3,4)5)25(30-24)18-6-8-19(28)9-7-18/h6-15,17,22,24-25,30H,16H2,1-5H3,(H,29,33)/t22-,24+,25+/m1/s1. The molecule has 0 saturated carbocycles. The molecular weight excluding hydrogens is 448 g/mol. The van der Waals surface area contributed by atoms with Gasteiger partial charge < -0.3 is 10.1 Å². The van der Waals surface area contributed by atoms with Crippen molar-refractivity contribution in [3.05, 3.63) is 77.1 Å². The van der Waals surface area contributed by atoms with Gasteiger partial charge in [0.2, 0.25) is 5.91 Å². The van der Waals surface area contributed by atoms with Crippen LogP contribution in [-0.4, -0.2) is 27.8 Å². The van der Waals surface area contributed by atoms with Crippen LogP contribution in [-0.2, 0) is 10.3 Å². The van der Waals surface area contributed by atoms with E-state index in [0.29, 0.717) is 11.4 Å². The third-order valence-electron chi connectivity index (χ3n) is 5.99. The van der Waals surface area contributed by atoms with Crippen LogP contribution in [0.1, 0.15) is 64.3 Å². The average molecular weight is 481 g/mol. The average Bonchev–Trinajstić information content (AvgIpc) is 3.43. The summed E-state index contributed by atoms with van der Waals surface area (Å²) >= 11 is 6.12. The van der Waals surface area contributed by atoms with Crippen LogP contribution in [0.4, 0.5) is 5.69 Å². The lowest BCUT2D eigenvalue weighted by Gasteiger charge is -2.21. The maximum atomic E-state index is 13.2. The van der Waals surface area contributed by atoms with E-state index in [9.17, 15) is 4.79 Å². The van der Waals surface area contributed by atoms with Crippen molar-refractivity contribution >= 4 is 23.2 Å². The van der Waals surface area contributed by atoms with E-state index in [2.05, 4.69) is 37.5 Å². The highest BCUT2D eigenvalue weighted by Crippen LogP contribution is 2.40. The van der Waals surface area contributed by atoms with E-state index in [1.807, 2.05) is 73.3 Å². The lowest BCUT2D eigenvalue weighted by Crippen LogP contribution is -2.36. The van der Waals surface area contributed by atoms with Crippen LogP contribution >= 0.6 is 11.6 Å². The second-order valence-electron chi connectivity index (χ2n) is 10.1. The molecule has 34 heavy (non-hydrogen) atoms. The Morgan fingerprint density at radius 2 is 1.79 bits per heavy atom. The molecule has 2 aromatic carbocycles. The van der Waals surface area contributed by atoms with Crippen LogP contribution in [0.25, 0.3) is 0 Å². The van der Waals surface area contributed by atoms with Gasteiger partial charge in [-0.05, 0) is 89.1 Å². The number of nitrogens with one attached hydrogen (secondary N) is 2. The molecule has 0 bridgehead atoms. The summed E-state index contributed by atoms with van der Waals surface area (Å²) in [6.07, 6.45) is 2.77. The predicted octanol–water partition coefficient (Wildman–Crippen LogP) is 5.90. The molecule has 4 rings (SSSR count). The zero-order valence-electron chi connectivity index (χ0n) is 20.4. The Morgan fingerprint density at radius 1 is 1.12 bits per heavy atom. The Balaban J connectivity index is 1.54. The number of carbonyl (C=O) groups excluding carboxylic acids is 1. The monoisotopic (exact) mass is 480 g/mol. The molecule has 1 aromatic heterocycles. The number of hydrogen-bond donors (Lipinski definition) is 2. The first-order valence-corrected chi connectivity index (χ1v) is 12.1. The van der Waals surface area contributed by atoms with E-state index in [-0.39, 0.29) is 35.6 Å². The number of rotatable bonds is 6. The summed E-state index contributed by atoms with van der Waals surface area (Å²) in [5, 5.41) is 12.2. The zero-order chi connectivity index (χ0) is 24.5. The van der Waals surface area contributed by atoms with Crippen molar-refractivity contribution in [1.82, 2.24) is 15.1 Å². The van der Waals surface area contributed by atoms with E-state index in [0.717, 1.165) is 22.7 Å². The van der Waals surface area contributed by atoms with Crippen LogP contribution in [0.3, 0.4) is 0 Å². The molecule has 2 N–H and O–H groups in total. The second kappa shape index (κ2) is 9.80. The third-order valence-corrected chi connectivity index (χ3v) is 6.24. The molecule has 0 aliphatic carbocycles. The number of carbonyl (C=O) groups is 1. The summed E-state index contributed by atoms with van der Waals surface area (Å²) in [4.78, 5) is 13.2. The van der Waals surface area contributed by atoms with Gasteiger partial charge in [-0.15, -0.1) is 0 Å². The summed E-state index contributed by atoms with van der Waals surface area (Å²) in [6, 6.07) is 16.9. The molecule has 7 heteroatoms. The molecule has 3 atom stereocenters. The van der Waals surface area contributed by atoms with Gasteiger partial charge in [-0.1, -0.05) is 23.7 Å². The van der Waals surface area contributed by atoms with Crippen molar-refractivity contribution < 1.29 is 9.53 Å². The fourth-order valence-corrected chi connectivity index (χ4v) is 4.42. The van der Waals surface area contributed by atoms with Crippen molar-refractivity contribution in [3.8, 4) is 5.75 Å². The number of ether oxygens (including phenoxy) is 1. The molecule has 180 valence electrons. The van der Waals surface area contributed by atoms with Gasteiger partial charge >= 0.3 is 0 Å². The molecule has 1 saturated heterocycles. The largest absolute Gasteiger partial charge is 0.491 e. The highest BCUT2D eigenvalue weighted by atomic mass is 35.5. The van der Waals surface area contributed by atoms with Gasteiger partial charge in [0.15, 0.2) is 0 Å². The van der Waals surface area contributed by atoms with Gasteiger partial charge in [-0.3, -0.25) is 14.8 Å². The number of benzene rings is 2. The fourth-order valence-electron chi connectivity index (χ4n) is 4.29. The smallest absolute Gasteiger partial charge is 0.241 e. The van der Waals surface area contributed by atoms with Gasteiger partial charge in [-0.2, -0.15) is 5.10 Å².